The summed E-state index contributed by atoms with van der Waals surface area (Å²) in [4.78, 5) is 41.5. The first-order valence-corrected chi connectivity index (χ1v) is 10.6. The fourth-order valence-electron chi connectivity index (χ4n) is 3.92. The molecule has 3 aromatic rings. The zero-order valence-electron chi connectivity index (χ0n) is 18.6. The Kier molecular flexibility index (Phi) is 6.55. The van der Waals surface area contributed by atoms with Crippen molar-refractivity contribution >= 4 is 23.9 Å². The second-order valence-electron chi connectivity index (χ2n) is 8.08. The van der Waals surface area contributed by atoms with E-state index in [0.717, 1.165) is 22.3 Å². The van der Waals surface area contributed by atoms with Crippen LogP contribution in [0.25, 0.3) is 11.1 Å². The molecule has 176 valence electrons. The summed E-state index contributed by atoms with van der Waals surface area (Å²) in [6.45, 7) is 0.211. The molecule has 11 nitrogen and oxygen atoms in total. The van der Waals surface area contributed by atoms with Gasteiger partial charge in [0.05, 0.1) is 0 Å². The first-order chi connectivity index (χ1) is 16.3. The van der Waals surface area contributed by atoms with Crippen LogP contribution in [-0.4, -0.2) is 76.4 Å². The number of ether oxygens (including phenoxy) is 1. The second-order valence-corrected chi connectivity index (χ2v) is 8.08. The van der Waals surface area contributed by atoms with Crippen LogP contribution in [0, 0.1) is 0 Å². The van der Waals surface area contributed by atoms with Gasteiger partial charge in [0.1, 0.15) is 12.6 Å². The predicted molar refractivity (Wildman–Crippen MR) is 123 cm³/mol. The summed E-state index contributed by atoms with van der Waals surface area (Å²) in [7, 11) is 3.37. The number of hydrogen-bond acceptors (Lipinski definition) is 7. The van der Waals surface area contributed by atoms with Gasteiger partial charge in [-0.05, 0) is 36.3 Å². The molecule has 0 bridgehead atoms. The number of H-pyrrole nitrogens is 1. The van der Waals surface area contributed by atoms with E-state index in [1.165, 1.54) is 0 Å². The molecule has 1 atom stereocenters. The number of aliphatic carboxylic acids is 1. The molecular formula is C23H24N6O5. The monoisotopic (exact) mass is 464 g/mol. The molecule has 1 heterocycles. The van der Waals surface area contributed by atoms with Crippen LogP contribution in [0.15, 0.2) is 48.5 Å². The Morgan fingerprint density at radius 1 is 1.09 bits per heavy atom. The average Bonchev–Trinajstić information content (AvgIpc) is 3.39. The number of anilines is 1. The zero-order valence-corrected chi connectivity index (χ0v) is 18.6. The summed E-state index contributed by atoms with van der Waals surface area (Å²) in [5.74, 6) is -2.45. The molecule has 0 radical (unpaired) electrons. The fraction of sp³-hybridized carbons (Fsp3) is 0.261. The minimum absolute atomic E-state index is 0.0973. The molecule has 0 aliphatic heterocycles. The van der Waals surface area contributed by atoms with Gasteiger partial charge in [0.25, 0.3) is 11.9 Å². The fourth-order valence-corrected chi connectivity index (χ4v) is 3.92. The van der Waals surface area contributed by atoms with Crippen molar-refractivity contribution < 1.29 is 24.2 Å². The van der Waals surface area contributed by atoms with Crippen LogP contribution in [0.1, 0.15) is 27.7 Å². The molecule has 1 aliphatic carbocycles. The molecule has 0 saturated heterocycles. The van der Waals surface area contributed by atoms with E-state index in [0.29, 0.717) is 0 Å². The van der Waals surface area contributed by atoms with E-state index in [4.69, 9.17) is 4.74 Å². The average molecular weight is 464 g/mol. The summed E-state index contributed by atoms with van der Waals surface area (Å²) in [5, 5.41) is 20.1. The van der Waals surface area contributed by atoms with Gasteiger partial charge in [-0.2, -0.15) is 4.98 Å². The van der Waals surface area contributed by atoms with Crippen molar-refractivity contribution in [1.82, 2.24) is 25.4 Å². The van der Waals surface area contributed by atoms with E-state index in [2.05, 4.69) is 25.8 Å². The zero-order chi connectivity index (χ0) is 24.2. The van der Waals surface area contributed by atoms with Gasteiger partial charge in [-0.1, -0.05) is 48.5 Å². The van der Waals surface area contributed by atoms with Crippen LogP contribution in [0.3, 0.4) is 0 Å². The number of hydrogen-bond donors (Lipinski definition) is 4. The van der Waals surface area contributed by atoms with Crippen LogP contribution >= 0.6 is 0 Å². The quantitative estimate of drug-likeness (QED) is 0.395. The predicted octanol–water partition coefficient (Wildman–Crippen LogP) is 1.91. The van der Waals surface area contributed by atoms with Crippen molar-refractivity contribution in [3.63, 3.8) is 0 Å². The Hall–Kier alpha value is -4.25. The molecule has 34 heavy (non-hydrogen) atoms. The molecule has 0 fully saturated rings. The Balaban J connectivity index is 1.36. The van der Waals surface area contributed by atoms with Crippen molar-refractivity contribution in [2.75, 3.05) is 32.6 Å². The Morgan fingerprint density at radius 3 is 2.29 bits per heavy atom. The highest BCUT2D eigenvalue weighted by molar-refractivity contribution is 5.94. The third kappa shape index (κ3) is 4.89. The van der Waals surface area contributed by atoms with E-state index in [9.17, 15) is 19.5 Å². The number of likely N-dealkylation sites (N-methyl/N-ethyl adjacent to an activating group) is 1. The SMILES string of the molecule is CN(C)CC(NC(=O)c1nc(NC(=O)OCC2c3ccccc3-c3ccccc32)n[nH]1)C(=O)O. The van der Waals surface area contributed by atoms with Gasteiger partial charge in [-0.15, -0.1) is 5.10 Å². The van der Waals surface area contributed by atoms with Crippen molar-refractivity contribution in [3.05, 3.63) is 65.5 Å². The molecule has 4 rings (SSSR count). The van der Waals surface area contributed by atoms with Crippen molar-refractivity contribution in [1.29, 1.82) is 0 Å². The number of carboxylic acid groups (broad SMARTS) is 1. The van der Waals surface area contributed by atoms with Crippen molar-refractivity contribution in [3.8, 4) is 11.1 Å². The number of carbonyl (C=O) groups is 3. The molecule has 0 spiro atoms. The minimum Gasteiger partial charge on any atom is -0.480 e. The van der Waals surface area contributed by atoms with E-state index >= 15 is 0 Å². The lowest BCUT2D eigenvalue weighted by atomic mass is 9.98. The number of benzene rings is 2. The first-order valence-electron chi connectivity index (χ1n) is 10.6. The minimum atomic E-state index is -1.18. The number of carbonyl (C=O) groups excluding carboxylic acids is 2. The van der Waals surface area contributed by atoms with Gasteiger partial charge < -0.3 is 20.1 Å². The van der Waals surface area contributed by atoms with Gasteiger partial charge in [0.15, 0.2) is 0 Å². The Morgan fingerprint density at radius 2 is 1.71 bits per heavy atom. The standard InChI is InChI=1S/C23H24N6O5/c1-29(2)11-18(21(31)32)24-20(30)19-25-22(28-27-19)26-23(33)34-12-17-15-9-5-3-7-13(15)14-8-4-6-10-16(14)17/h3-10,17-18H,11-12H2,1-2H3,(H,24,30)(H,31,32)(H2,25,26,27,28,33). The topological polar surface area (TPSA) is 150 Å². The Labute approximate surface area is 195 Å². The van der Waals surface area contributed by atoms with Gasteiger partial charge >= 0.3 is 12.1 Å². The lowest BCUT2D eigenvalue weighted by Gasteiger charge is -2.17. The molecule has 2 amide bonds. The highest BCUT2D eigenvalue weighted by Gasteiger charge is 2.29. The van der Waals surface area contributed by atoms with Crippen molar-refractivity contribution in [2.45, 2.75) is 12.0 Å². The molecule has 2 aromatic carbocycles. The van der Waals surface area contributed by atoms with Gasteiger partial charge in [-0.25, -0.2) is 9.59 Å². The first kappa shape index (κ1) is 22.9. The third-order valence-electron chi connectivity index (χ3n) is 5.41. The van der Waals surface area contributed by atoms with Gasteiger partial charge in [-0.3, -0.25) is 15.2 Å². The molecular weight excluding hydrogens is 440 g/mol. The summed E-state index contributed by atoms with van der Waals surface area (Å²) >= 11 is 0. The summed E-state index contributed by atoms with van der Waals surface area (Å²) < 4.78 is 5.43. The van der Waals surface area contributed by atoms with Gasteiger partial charge in [0.2, 0.25) is 5.82 Å². The Bertz CT molecular complexity index is 1180. The van der Waals surface area contributed by atoms with Crippen LogP contribution in [0.4, 0.5) is 10.7 Å². The number of rotatable bonds is 8. The maximum Gasteiger partial charge on any atom is 0.414 e. The molecule has 1 unspecified atom stereocenters. The second kappa shape index (κ2) is 9.71. The molecule has 4 N–H and O–H groups in total. The van der Waals surface area contributed by atoms with Crippen LogP contribution in [0.5, 0.6) is 0 Å². The van der Waals surface area contributed by atoms with E-state index in [1.54, 1.807) is 19.0 Å². The largest absolute Gasteiger partial charge is 0.480 e. The molecule has 0 saturated carbocycles. The third-order valence-corrected chi connectivity index (χ3v) is 5.41. The number of nitrogens with one attached hydrogen (secondary N) is 3. The number of carboxylic acids is 1. The smallest absolute Gasteiger partial charge is 0.414 e. The highest BCUT2D eigenvalue weighted by Crippen LogP contribution is 2.44. The lowest BCUT2D eigenvalue weighted by molar-refractivity contribution is -0.139. The van der Waals surface area contributed by atoms with E-state index in [1.807, 2.05) is 48.5 Å². The number of amides is 2. The maximum atomic E-state index is 12.3. The lowest BCUT2D eigenvalue weighted by Crippen LogP contribution is -2.47. The number of nitrogens with zero attached hydrogens (tertiary/aromatic N) is 3. The summed E-state index contributed by atoms with van der Waals surface area (Å²) in [6.07, 6.45) is -0.774. The molecule has 1 aliphatic rings. The van der Waals surface area contributed by atoms with Crippen molar-refractivity contribution in [2.24, 2.45) is 0 Å². The molecule has 1 aromatic heterocycles. The van der Waals surface area contributed by atoms with Gasteiger partial charge in [0, 0.05) is 12.5 Å². The summed E-state index contributed by atoms with van der Waals surface area (Å²) in [6, 6.07) is 14.8. The normalized spacial score (nSPS) is 13.1. The number of fused-ring (bicyclic) bond motifs is 3. The van der Waals surface area contributed by atoms with Crippen LogP contribution in [0.2, 0.25) is 0 Å². The molecule has 11 heteroatoms. The van der Waals surface area contributed by atoms with E-state index in [-0.39, 0.29) is 30.8 Å². The highest BCUT2D eigenvalue weighted by atomic mass is 16.5. The van der Waals surface area contributed by atoms with E-state index < -0.39 is 24.0 Å². The van der Waals surface area contributed by atoms with Crippen LogP contribution in [-0.2, 0) is 9.53 Å². The number of aromatic amines is 1. The number of aromatic nitrogens is 3. The van der Waals surface area contributed by atoms with Crippen LogP contribution < -0.4 is 10.6 Å². The maximum absolute atomic E-state index is 12.3. The summed E-state index contributed by atoms with van der Waals surface area (Å²) in [5.41, 5.74) is 4.40.